The van der Waals surface area contributed by atoms with Gasteiger partial charge in [-0.2, -0.15) is 0 Å². The van der Waals surface area contributed by atoms with Crippen LogP contribution in [0.15, 0.2) is 18.3 Å². The van der Waals surface area contributed by atoms with Crippen LogP contribution < -0.4 is 0 Å². The van der Waals surface area contributed by atoms with E-state index in [1.165, 1.54) is 6.20 Å². The number of aliphatic hydroxyl groups is 2. The fraction of sp³-hybridized carbons (Fsp3) is 0.643. The number of rotatable bonds is 3. The van der Waals surface area contributed by atoms with Gasteiger partial charge in [0, 0.05) is 19.6 Å². The average molecular weight is 264 g/mol. The zero-order chi connectivity index (χ0) is 13.4. The molecule has 0 spiro atoms. The third-order valence-electron chi connectivity index (χ3n) is 4.35. The van der Waals surface area contributed by atoms with Crippen molar-refractivity contribution in [1.29, 1.82) is 0 Å². The zero-order valence-corrected chi connectivity index (χ0v) is 10.8. The number of aliphatic hydroxyl groups excluding tert-OH is 2. The maximum absolute atomic E-state index is 10.2. The van der Waals surface area contributed by atoms with E-state index in [9.17, 15) is 15.3 Å². The van der Waals surface area contributed by atoms with Crippen molar-refractivity contribution in [2.75, 3.05) is 19.6 Å². The summed E-state index contributed by atoms with van der Waals surface area (Å²) in [6, 6.07) is 3.20. The monoisotopic (exact) mass is 264 g/mol. The molecule has 2 unspecified atom stereocenters. The molecule has 1 aromatic heterocycles. The molecule has 2 heterocycles. The summed E-state index contributed by atoms with van der Waals surface area (Å²) in [6.45, 7) is 2.48. The van der Waals surface area contributed by atoms with Crippen LogP contribution in [0.5, 0.6) is 5.75 Å². The van der Waals surface area contributed by atoms with Crippen molar-refractivity contribution in [3.8, 4) is 5.75 Å². The van der Waals surface area contributed by atoms with E-state index < -0.39 is 6.10 Å². The van der Waals surface area contributed by atoms with Crippen molar-refractivity contribution in [2.24, 2.45) is 11.8 Å². The van der Waals surface area contributed by atoms with E-state index in [-0.39, 0.29) is 11.9 Å². The van der Waals surface area contributed by atoms with Crippen LogP contribution in [0.3, 0.4) is 0 Å². The topological polar surface area (TPSA) is 76.8 Å². The first-order valence-electron chi connectivity index (χ1n) is 6.85. The molecule has 104 valence electrons. The molecule has 0 amide bonds. The summed E-state index contributed by atoms with van der Waals surface area (Å²) in [7, 11) is 0. The zero-order valence-electron chi connectivity index (χ0n) is 10.8. The number of hydrogen-bond donors (Lipinski definition) is 3. The first kappa shape index (κ1) is 12.8. The maximum atomic E-state index is 10.2. The molecular formula is C14H20N2O3. The molecule has 0 radical (unpaired) electrons. The summed E-state index contributed by atoms with van der Waals surface area (Å²) in [5, 5.41) is 28.9. The molecule has 3 rings (SSSR count). The van der Waals surface area contributed by atoms with Crippen molar-refractivity contribution in [2.45, 2.75) is 25.0 Å². The fourth-order valence-corrected chi connectivity index (χ4v) is 3.45. The van der Waals surface area contributed by atoms with E-state index in [4.69, 9.17) is 0 Å². The van der Waals surface area contributed by atoms with Gasteiger partial charge in [-0.05, 0) is 36.8 Å². The molecule has 1 saturated carbocycles. The number of β-amino-alcohol motifs (C(OH)–C–C–N with tert-alkyl or cyclic N) is 1. The van der Waals surface area contributed by atoms with Crippen LogP contribution in [0.1, 0.15) is 24.6 Å². The second kappa shape index (κ2) is 5.07. The van der Waals surface area contributed by atoms with Crippen LogP contribution >= 0.6 is 0 Å². The summed E-state index contributed by atoms with van der Waals surface area (Å²) >= 11 is 0. The molecule has 1 saturated heterocycles. The highest BCUT2D eigenvalue weighted by molar-refractivity contribution is 5.19. The van der Waals surface area contributed by atoms with Gasteiger partial charge in [-0.15, -0.1) is 0 Å². The third kappa shape index (κ3) is 2.73. The summed E-state index contributed by atoms with van der Waals surface area (Å²) in [6.07, 6.45) is 2.40. The van der Waals surface area contributed by atoms with Gasteiger partial charge in [-0.3, -0.25) is 9.88 Å². The van der Waals surface area contributed by atoms with E-state index >= 15 is 0 Å². The standard InChI is InChI=1S/C14H20N2O3/c17-11-1-2-13(15-5-11)14(19)8-16-6-9-3-12(18)4-10(9)7-16/h1-2,5,9-10,12,14,17-19H,3-4,6-8H2/t9-,10+,12?,14?. The summed E-state index contributed by atoms with van der Waals surface area (Å²) in [5.74, 6) is 1.27. The molecule has 1 aliphatic carbocycles. The summed E-state index contributed by atoms with van der Waals surface area (Å²) in [4.78, 5) is 6.29. The number of nitrogens with zero attached hydrogens (tertiary/aromatic N) is 2. The molecular weight excluding hydrogens is 244 g/mol. The maximum Gasteiger partial charge on any atom is 0.133 e. The van der Waals surface area contributed by atoms with Crippen LogP contribution in [0.2, 0.25) is 0 Å². The first-order chi connectivity index (χ1) is 9.11. The molecule has 3 N–H and O–H groups in total. The van der Waals surface area contributed by atoms with Crippen LogP contribution in [0.4, 0.5) is 0 Å². The highest BCUT2D eigenvalue weighted by atomic mass is 16.3. The number of fused-ring (bicyclic) bond motifs is 1. The number of aromatic nitrogens is 1. The highest BCUT2D eigenvalue weighted by Gasteiger charge is 2.40. The number of aromatic hydroxyl groups is 1. The molecule has 0 bridgehead atoms. The third-order valence-corrected chi connectivity index (χ3v) is 4.35. The molecule has 5 heteroatoms. The second-order valence-electron chi connectivity index (χ2n) is 5.82. The van der Waals surface area contributed by atoms with Crippen molar-refractivity contribution < 1.29 is 15.3 Å². The predicted molar refractivity (Wildman–Crippen MR) is 69.5 cm³/mol. The van der Waals surface area contributed by atoms with Gasteiger partial charge in [0.2, 0.25) is 0 Å². The van der Waals surface area contributed by atoms with Gasteiger partial charge in [0.25, 0.3) is 0 Å². The Morgan fingerprint density at radius 3 is 2.53 bits per heavy atom. The predicted octanol–water partition coefficient (Wildman–Crippen LogP) is 0.523. The Bertz CT molecular complexity index is 423. The largest absolute Gasteiger partial charge is 0.506 e. The van der Waals surface area contributed by atoms with Crippen LogP contribution in [-0.4, -0.2) is 50.9 Å². The minimum absolute atomic E-state index is 0.112. The Kier molecular flexibility index (Phi) is 3.43. The van der Waals surface area contributed by atoms with Crippen molar-refractivity contribution in [1.82, 2.24) is 9.88 Å². The van der Waals surface area contributed by atoms with Gasteiger partial charge < -0.3 is 15.3 Å². The van der Waals surface area contributed by atoms with E-state index in [1.54, 1.807) is 12.1 Å². The first-order valence-corrected chi connectivity index (χ1v) is 6.85. The number of pyridine rings is 1. The lowest BCUT2D eigenvalue weighted by Crippen LogP contribution is -2.28. The average Bonchev–Trinajstić information content (AvgIpc) is 2.86. The number of likely N-dealkylation sites (tertiary alicyclic amines) is 1. The quantitative estimate of drug-likeness (QED) is 0.742. The smallest absolute Gasteiger partial charge is 0.133 e. The molecule has 2 aliphatic rings. The molecule has 19 heavy (non-hydrogen) atoms. The van der Waals surface area contributed by atoms with E-state index in [1.807, 2.05) is 0 Å². The Balaban J connectivity index is 1.56. The Labute approximate surface area is 112 Å². The van der Waals surface area contributed by atoms with Crippen LogP contribution in [0, 0.1) is 11.8 Å². The molecule has 1 aromatic rings. The number of hydrogen-bond acceptors (Lipinski definition) is 5. The summed E-state index contributed by atoms with van der Waals surface area (Å²) < 4.78 is 0. The van der Waals surface area contributed by atoms with Crippen LogP contribution in [0.25, 0.3) is 0 Å². The molecule has 1 aliphatic heterocycles. The van der Waals surface area contributed by atoms with Gasteiger partial charge in [0.05, 0.1) is 18.0 Å². The van der Waals surface area contributed by atoms with Crippen molar-refractivity contribution in [3.63, 3.8) is 0 Å². The fourth-order valence-electron chi connectivity index (χ4n) is 3.45. The Morgan fingerprint density at radius 2 is 1.95 bits per heavy atom. The van der Waals surface area contributed by atoms with Gasteiger partial charge in [0.15, 0.2) is 0 Å². The Hall–Kier alpha value is -1.17. The lowest BCUT2D eigenvalue weighted by Gasteiger charge is -2.21. The summed E-state index contributed by atoms with van der Waals surface area (Å²) in [5.41, 5.74) is 0.592. The van der Waals surface area contributed by atoms with E-state index in [0.717, 1.165) is 25.9 Å². The van der Waals surface area contributed by atoms with Crippen LogP contribution in [-0.2, 0) is 0 Å². The molecule has 5 nitrogen and oxygen atoms in total. The molecule has 2 fully saturated rings. The lowest BCUT2D eigenvalue weighted by molar-refractivity contribution is 0.110. The van der Waals surface area contributed by atoms with Gasteiger partial charge in [-0.25, -0.2) is 0 Å². The van der Waals surface area contributed by atoms with E-state index in [2.05, 4.69) is 9.88 Å². The van der Waals surface area contributed by atoms with Crippen molar-refractivity contribution >= 4 is 0 Å². The Morgan fingerprint density at radius 1 is 1.26 bits per heavy atom. The highest BCUT2D eigenvalue weighted by Crippen LogP contribution is 2.38. The van der Waals surface area contributed by atoms with Gasteiger partial charge in [0.1, 0.15) is 11.9 Å². The normalized spacial score (nSPS) is 32.4. The molecule has 4 atom stereocenters. The van der Waals surface area contributed by atoms with Gasteiger partial charge in [-0.1, -0.05) is 0 Å². The minimum Gasteiger partial charge on any atom is -0.506 e. The molecule has 0 aromatic carbocycles. The minimum atomic E-state index is -0.621. The van der Waals surface area contributed by atoms with Gasteiger partial charge >= 0.3 is 0 Å². The van der Waals surface area contributed by atoms with Crippen molar-refractivity contribution in [3.05, 3.63) is 24.0 Å². The van der Waals surface area contributed by atoms with E-state index in [0.29, 0.717) is 24.1 Å². The SMILES string of the molecule is Oc1ccc(C(O)CN2C[C@H]3CC(O)C[C@H]3C2)nc1. The second-order valence-corrected chi connectivity index (χ2v) is 5.82. The lowest BCUT2D eigenvalue weighted by atomic mass is 10.0.